The summed E-state index contributed by atoms with van der Waals surface area (Å²) in [6.07, 6.45) is 0.684. The zero-order chi connectivity index (χ0) is 30.3. The van der Waals surface area contributed by atoms with E-state index in [1.54, 1.807) is 26.0 Å². The quantitative estimate of drug-likeness (QED) is 0.413. The number of hydrogen-bond donors (Lipinski definition) is 0. The molecule has 0 amide bonds. The van der Waals surface area contributed by atoms with Gasteiger partial charge in [0.2, 0.25) is 21.4 Å². The monoisotopic (exact) mass is 599 g/mol. The van der Waals surface area contributed by atoms with E-state index in [0.717, 1.165) is 9.87 Å². The first kappa shape index (κ1) is 29.9. The second-order valence-corrected chi connectivity index (χ2v) is 12.4. The highest BCUT2D eigenvalue weighted by Crippen LogP contribution is 2.43. The minimum atomic E-state index is -4.07. The maximum absolute atomic E-state index is 13.9. The van der Waals surface area contributed by atoms with E-state index >= 15 is 0 Å². The smallest absolute Gasteiger partial charge is 0.355 e. The minimum absolute atomic E-state index is 0.0280. The molecule has 0 bridgehead atoms. The van der Waals surface area contributed by atoms with Crippen LogP contribution in [0.2, 0.25) is 0 Å². The minimum Gasteiger partial charge on any atom is -0.463 e. The Labute approximate surface area is 243 Å². The molecule has 0 aliphatic carbocycles. The van der Waals surface area contributed by atoms with Gasteiger partial charge in [-0.05, 0) is 51.3 Å². The number of hydrogen-bond acceptors (Lipinski definition) is 10. The molecule has 4 heterocycles. The summed E-state index contributed by atoms with van der Waals surface area (Å²) in [5.41, 5.74) is -2.24. The van der Waals surface area contributed by atoms with Crippen LogP contribution in [0, 0.1) is 18.3 Å². The third-order valence-electron chi connectivity index (χ3n) is 8.14. The summed E-state index contributed by atoms with van der Waals surface area (Å²) < 4.78 is 52.5. The first-order valence-electron chi connectivity index (χ1n) is 14.0. The number of carbonyl (C=O) groups excluding carboxylic acids is 2. The van der Waals surface area contributed by atoms with Gasteiger partial charge in [0.1, 0.15) is 17.7 Å². The van der Waals surface area contributed by atoms with Crippen molar-refractivity contribution in [1.82, 2.24) is 8.87 Å². The molecule has 3 aliphatic heterocycles. The lowest BCUT2D eigenvalue weighted by molar-refractivity contribution is -0.187. The molecule has 1 unspecified atom stereocenters. The number of sulfonamides is 1. The molecular formula is C29H33N3O9S. The summed E-state index contributed by atoms with van der Waals surface area (Å²) in [4.78, 5) is 41.1. The van der Waals surface area contributed by atoms with E-state index in [1.165, 1.54) is 22.8 Å². The summed E-state index contributed by atoms with van der Waals surface area (Å²) in [5, 5.41) is 10.1. The Morgan fingerprint density at radius 1 is 1.17 bits per heavy atom. The number of aromatic nitrogens is 1. The highest BCUT2D eigenvalue weighted by Gasteiger charge is 2.53. The summed E-state index contributed by atoms with van der Waals surface area (Å²) in [6.45, 7) is 5.79. The van der Waals surface area contributed by atoms with E-state index in [9.17, 15) is 28.1 Å². The van der Waals surface area contributed by atoms with E-state index < -0.39 is 45.0 Å². The van der Waals surface area contributed by atoms with Crippen LogP contribution in [-0.4, -0.2) is 61.6 Å². The molecule has 0 N–H and O–H groups in total. The van der Waals surface area contributed by atoms with Crippen LogP contribution in [0.25, 0.3) is 0 Å². The Hall–Kier alpha value is -3.57. The Balaban J connectivity index is 1.59. The summed E-state index contributed by atoms with van der Waals surface area (Å²) in [7, 11) is -4.07. The third kappa shape index (κ3) is 4.72. The second kappa shape index (κ2) is 11.3. The Morgan fingerprint density at radius 2 is 1.86 bits per heavy atom. The number of nitrogens with zero attached hydrogens (tertiary/aromatic N) is 3. The fraction of sp³-hybridized carbons (Fsp3) is 0.517. The summed E-state index contributed by atoms with van der Waals surface area (Å²) in [5.74, 6) is -3.19. The van der Waals surface area contributed by atoms with Gasteiger partial charge in [-0.3, -0.25) is 9.59 Å². The molecular weight excluding hydrogens is 566 g/mol. The van der Waals surface area contributed by atoms with Crippen LogP contribution in [0.5, 0.6) is 0 Å². The molecule has 2 saturated heterocycles. The van der Waals surface area contributed by atoms with Crippen LogP contribution in [0.4, 0.5) is 0 Å². The van der Waals surface area contributed by atoms with Crippen LogP contribution in [0.1, 0.15) is 61.9 Å². The predicted molar refractivity (Wildman–Crippen MR) is 146 cm³/mol. The van der Waals surface area contributed by atoms with E-state index in [-0.39, 0.29) is 48.6 Å². The number of nitriles is 1. The van der Waals surface area contributed by atoms with Crippen molar-refractivity contribution in [2.24, 2.45) is 0 Å². The van der Waals surface area contributed by atoms with Crippen molar-refractivity contribution >= 4 is 22.0 Å². The van der Waals surface area contributed by atoms with Gasteiger partial charge in [-0.2, -0.15) is 9.57 Å². The molecule has 0 saturated carbocycles. The highest BCUT2D eigenvalue weighted by molar-refractivity contribution is 7.89. The van der Waals surface area contributed by atoms with Gasteiger partial charge in [-0.25, -0.2) is 13.2 Å². The van der Waals surface area contributed by atoms with Crippen molar-refractivity contribution in [3.63, 3.8) is 0 Å². The second-order valence-electron chi connectivity index (χ2n) is 10.5. The average molecular weight is 600 g/mol. The Morgan fingerprint density at radius 3 is 2.48 bits per heavy atom. The zero-order valence-corrected chi connectivity index (χ0v) is 24.6. The van der Waals surface area contributed by atoms with Gasteiger partial charge in [-0.15, -0.1) is 0 Å². The standard InChI is InChI=1S/C29H33N3O9S/c1-4-28(27(35)38-5-2,22-17-24-29(39-15-16-40-29)12-14-31(24)25(33)21(22)18-30)41-26(34)23-7-6-13-32(23)42(36,37)20-10-8-19(3)9-11-20/h8-11,17,23H,4-7,12-16H2,1-3H3/t23?,28-/m1/s1. The molecule has 1 aromatic heterocycles. The molecule has 12 nitrogen and oxygen atoms in total. The first-order chi connectivity index (χ1) is 20.0. The Kier molecular flexibility index (Phi) is 8.02. The van der Waals surface area contributed by atoms with Crippen molar-refractivity contribution in [3.05, 3.63) is 63.1 Å². The molecule has 2 atom stereocenters. The lowest BCUT2D eigenvalue weighted by Gasteiger charge is -2.34. The SMILES string of the molecule is CCOC(=O)[C@](CC)(OC(=O)C1CCCN1S(=O)(=O)c1ccc(C)cc1)c1cc2n(c(=O)c1C#N)CCC21OCCO1. The van der Waals surface area contributed by atoms with Crippen LogP contribution in [0.3, 0.4) is 0 Å². The molecule has 3 aliphatic rings. The predicted octanol–water partition coefficient (Wildman–Crippen LogP) is 2.20. The average Bonchev–Trinajstić information content (AvgIpc) is 3.74. The fourth-order valence-electron chi connectivity index (χ4n) is 5.95. The van der Waals surface area contributed by atoms with E-state index in [1.807, 2.05) is 13.0 Å². The molecule has 1 spiro atoms. The molecule has 42 heavy (non-hydrogen) atoms. The van der Waals surface area contributed by atoms with Crippen molar-refractivity contribution in [2.45, 2.75) is 75.3 Å². The number of benzene rings is 1. The summed E-state index contributed by atoms with van der Waals surface area (Å²) in [6, 6.07) is 8.38. The first-order valence-corrected chi connectivity index (χ1v) is 15.4. The number of esters is 2. The molecule has 1 aromatic carbocycles. The Bertz CT molecular complexity index is 1600. The van der Waals surface area contributed by atoms with E-state index in [2.05, 4.69) is 0 Å². The normalized spacial score (nSPS) is 21.0. The maximum atomic E-state index is 13.9. The van der Waals surface area contributed by atoms with Gasteiger partial charge in [0.25, 0.3) is 5.56 Å². The molecule has 5 rings (SSSR count). The van der Waals surface area contributed by atoms with Gasteiger partial charge in [0.15, 0.2) is 0 Å². The van der Waals surface area contributed by atoms with Gasteiger partial charge >= 0.3 is 11.9 Å². The fourth-order valence-corrected chi connectivity index (χ4v) is 7.60. The van der Waals surface area contributed by atoms with E-state index in [0.29, 0.717) is 31.7 Å². The van der Waals surface area contributed by atoms with Gasteiger partial charge in [0.05, 0.1) is 30.4 Å². The number of fused-ring (bicyclic) bond motifs is 2. The topological polar surface area (TPSA) is 154 Å². The lowest BCUT2D eigenvalue weighted by Crippen LogP contribution is -2.49. The van der Waals surface area contributed by atoms with Crippen LogP contribution < -0.4 is 5.56 Å². The van der Waals surface area contributed by atoms with Crippen LogP contribution >= 0.6 is 0 Å². The highest BCUT2D eigenvalue weighted by atomic mass is 32.2. The number of pyridine rings is 1. The van der Waals surface area contributed by atoms with Crippen molar-refractivity contribution in [3.8, 4) is 6.07 Å². The van der Waals surface area contributed by atoms with Gasteiger partial charge in [-0.1, -0.05) is 24.6 Å². The van der Waals surface area contributed by atoms with Crippen molar-refractivity contribution in [1.29, 1.82) is 5.26 Å². The lowest BCUT2D eigenvalue weighted by atomic mass is 9.86. The number of rotatable bonds is 8. The van der Waals surface area contributed by atoms with Gasteiger partial charge < -0.3 is 23.5 Å². The number of aryl methyl sites for hydroxylation is 1. The van der Waals surface area contributed by atoms with E-state index in [4.69, 9.17) is 18.9 Å². The van der Waals surface area contributed by atoms with Gasteiger partial charge in [0, 0.05) is 25.1 Å². The number of carbonyl (C=O) groups is 2. The molecule has 2 fully saturated rings. The zero-order valence-electron chi connectivity index (χ0n) is 23.8. The molecule has 13 heteroatoms. The number of ether oxygens (including phenoxy) is 4. The van der Waals surface area contributed by atoms with Crippen molar-refractivity contribution in [2.75, 3.05) is 26.4 Å². The molecule has 2 aromatic rings. The third-order valence-corrected chi connectivity index (χ3v) is 10.1. The maximum Gasteiger partial charge on any atom is 0.355 e. The molecule has 224 valence electrons. The largest absolute Gasteiger partial charge is 0.463 e. The molecule has 0 radical (unpaired) electrons. The van der Waals surface area contributed by atoms with Crippen LogP contribution in [0.15, 0.2) is 40.0 Å². The summed E-state index contributed by atoms with van der Waals surface area (Å²) >= 11 is 0. The van der Waals surface area contributed by atoms with Crippen LogP contribution in [-0.2, 0) is 56.5 Å². The van der Waals surface area contributed by atoms with Crippen molar-refractivity contribution < 1.29 is 37.0 Å².